The second-order valence-corrected chi connectivity index (χ2v) is 22.6. The highest BCUT2D eigenvalue weighted by molar-refractivity contribution is 8.13. The number of hydrogen-bond acceptors (Lipinski definition) is 4. The SMILES string of the molecule is CN1P(NC2CCCCC2)(NC2CCCCC2)=NP(Cl)(Cl)=N[P@@]1(=NC1CCCCC1)NC1CCCCC1. The van der Waals surface area contributed by atoms with E-state index in [1.54, 1.807) is 0 Å². The largest absolute Gasteiger partial charge is 0.257 e. The van der Waals surface area contributed by atoms with E-state index in [9.17, 15) is 0 Å². The lowest BCUT2D eigenvalue weighted by molar-refractivity contribution is 0.395. The maximum Gasteiger partial charge on any atom is 0.257 e. The molecule has 214 valence electrons. The minimum absolute atomic E-state index is 0.335. The van der Waals surface area contributed by atoms with Gasteiger partial charge in [-0.25, -0.2) is 0 Å². The Hall–Kier alpha value is 1.11. The number of hydrogen-bond donors (Lipinski definition) is 3. The average Bonchev–Trinajstić information content (AvgIpc) is 2.89. The summed E-state index contributed by atoms with van der Waals surface area (Å²) in [5.41, 5.74) is 0. The van der Waals surface area contributed by atoms with Gasteiger partial charge in [0.1, 0.15) is 0 Å². The van der Waals surface area contributed by atoms with Crippen LogP contribution in [-0.4, -0.2) is 35.7 Å². The molecule has 1 aliphatic heterocycles. The summed E-state index contributed by atoms with van der Waals surface area (Å²) in [5, 5.41) is 12.4. The second kappa shape index (κ2) is 13.4. The van der Waals surface area contributed by atoms with E-state index in [2.05, 4.69) is 26.8 Å². The van der Waals surface area contributed by atoms with E-state index < -0.39 is 20.9 Å². The van der Waals surface area contributed by atoms with Gasteiger partial charge in [0.2, 0.25) is 7.51 Å². The molecular weight excluding hydrogens is 562 g/mol. The first kappa shape index (κ1) is 29.6. The molecule has 1 atom stereocenters. The third kappa shape index (κ3) is 7.69. The minimum atomic E-state index is -2.92. The lowest BCUT2D eigenvalue weighted by atomic mass is 9.96. The van der Waals surface area contributed by atoms with Crippen molar-refractivity contribution in [2.75, 3.05) is 7.05 Å². The van der Waals surface area contributed by atoms with Crippen LogP contribution >= 0.6 is 43.4 Å². The lowest BCUT2D eigenvalue weighted by Crippen LogP contribution is -2.45. The Morgan fingerprint density at radius 3 is 1.46 bits per heavy atom. The smallest absolute Gasteiger partial charge is 0.256 e. The van der Waals surface area contributed by atoms with Crippen LogP contribution in [0, 0.1) is 0 Å². The summed E-state index contributed by atoms with van der Waals surface area (Å²) in [6.45, 7) is 0. The summed E-state index contributed by atoms with van der Waals surface area (Å²) >= 11 is 14.3. The Morgan fingerprint density at radius 1 is 0.595 bits per heavy atom. The van der Waals surface area contributed by atoms with Crippen molar-refractivity contribution >= 4 is 43.4 Å². The van der Waals surface area contributed by atoms with Crippen molar-refractivity contribution in [2.45, 2.75) is 153 Å². The predicted molar refractivity (Wildman–Crippen MR) is 164 cm³/mol. The highest BCUT2D eigenvalue weighted by Crippen LogP contribution is 2.82. The Balaban J connectivity index is 1.58. The lowest BCUT2D eigenvalue weighted by Gasteiger charge is -2.48. The molecule has 5 rings (SSSR count). The van der Waals surface area contributed by atoms with Crippen LogP contribution in [0.2, 0.25) is 0 Å². The van der Waals surface area contributed by atoms with E-state index in [1.165, 1.54) is 116 Å². The van der Waals surface area contributed by atoms with E-state index in [0.717, 1.165) is 12.8 Å². The third-order valence-corrected chi connectivity index (χ3v) is 21.3. The van der Waals surface area contributed by atoms with Gasteiger partial charge in [0.25, 0.3) is 5.91 Å². The zero-order chi connectivity index (χ0) is 25.8. The topological polar surface area (TPSA) is 76.4 Å². The van der Waals surface area contributed by atoms with Crippen LogP contribution in [0.15, 0.2) is 13.8 Å². The fraction of sp³-hybridized carbons (Fsp3) is 1.00. The predicted octanol–water partition coefficient (Wildman–Crippen LogP) is 10.3. The fourth-order valence-electron chi connectivity index (χ4n) is 6.99. The van der Waals surface area contributed by atoms with E-state index in [4.69, 9.17) is 36.3 Å². The third-order valence-electron chi connectivity index (χ3n) is 9.09. The van der Waals surface area contributed by atoms with Crippen LogP contribution in [0.4, 0.5) is 0 Å². The Kier molecular flexibility index (Phi) is 10.7. The van der Waals surface area contributed by atoms with Gasteiger partial charge in [-0.3, -0.25) is 20.0 Å². The molecule has 4 fully saturated rings. The molecule has 7 nitrogen and oxygen atoms in total. The highest BCUT2D eigenvalue weighted by Gasteiger charge is 2.47. The van der Waals surface area contributed by atoms with Crippen LogP contribution in [0.1, 0.15) is 128 Å². The van der Waals surface area contributed by atoms with Crippen LogP contribution in [0.3, 0.4) is 0 Å². The number of nitrogens with zero attached hydrogens (tertiary/aromatic N) is 4. The molecular formula is C25H50Cl2N7P3. The zero-order valence-corrected chi connectivity index (χ0v) is 27.0. The van der Waals surface area contributed by atoms with E-state index >= 15 is 0 Å². The van der Waals surface area contributed by atoms with Crippen molar-refractivity contribution in [3.8, 4) is 0 Å². The van der Waals surface area contributed by atoms with E-state index in [1.807, 2.05) is 0 Å². The van der Waals surface area contributed by atoms with Gasteiger partial charge in [-0.1, -0.05) is 77.0 Å². The first-order valence-electron chi connectivity index (χ1n) is 15.2. The molecule has 0 radical (unpaired) electrons. The van der Waals surface area contributed by atoms with Gasteiger partial charge < -0.3 is 0 Å². The van der Waals surface area contributed by atoms with Gasteiger partial charge in [0, 0.05) is 25.2 Å². The molecule has 0 spiro atoms. The molecule has 5 aliphatic rings. The summed E-state index contributed by atoms with van der Waals surface area (Å²) in [6.07, 6.45) is 25.0. The first-order valence-corrected chi connectivity index (χ1v) is 22.1. The molecule has 3 N–H and O–H groups in total. The molecule has 0 saturated heterocycles. The number of halogens is 2. The van der Waals surface area contributed by atoms with Crippen molar-refractivity contribution < 1.29 is 0 Å². The molecule has 1 heterocycles. The van der Waals surface area contributed by atoms with Gasteiger partial charge in [0.15, 0.2) is 7.51 Å². The maximum absolute atomic E-state index is 7.17. The molecule has 37 heavy (non-hydrogen) atoms. The first-order chi connectivity index (χ1) is 17.9. The minimum Gasteiger partial charge on any atom is -0.256 e. The molecule has 0 unspecified atom stereocenters. The van der Waals surface area contributed by atoms with Gasteiger partial charge in [-0.2, -0.15) is 13.5 Å². The molecule has 0 amide bonds. The van der Waals surface area contributed by atoms with Crippen molar-refractivity contribution in [1.82, 2.24) is 19.7 Å². The van der Waals surface area contributed by atoms with Crippen molar-refractivity contribution in [1.29, 1.82) is 0 Å². The molecule has 0 aromatic carbocycles. The van der Waals surface area contributed by atoms with Gasteiger partial charge >= 0.3 is 0 Å². The summed E-state index contributed by atoms with van der Waals surface area (Å²) in [7, 11) is -2.76. The monoisotopic (exact) mass is 611 g/mol. The Morgan fingerprint density at radius 2 is 1.00 bits per heavy atom. The average molecular weight is 613 g/mol. The highest BCUT2D eigenvalue weighted by atomic mass is 35.9. The van der Waals surface area contributed by atoms with Crippen LogP contribution in [0.25, 0.3) is 0 Å². The summed E-state index contributed by atoms with van der Waals surface area (Å²) in [5.74, 6) is -2.92. The summed E-state index contributed by atoms with van der Waals surface area (Å²) in [4.78, 5) is 0. The zero-order valence-electron chi connectivity index (χ0n) is 22.8. The molecule has 0 aromatic heterocycles. The molecule has 4 saturated carbocycles. The van der Waals surface area contributed by atoms with Crippen LogP contribution in [-0.2, 0) is 0 Å². The molecule has 0 bridgehead atoms. The van der Waals surface area contributed by atoms with E-state index in [-0.39, 0.29) is 0 Å². The van der Waals surface area contributed by atoms with Crippen molar-refractivity contribution in [3.63, 3.8) is 0 Å². The standard InChI is InChI=1S/C25H50Cl2N7P3/c1-34-36(28-22-14-6-2-7-15-22,29-23-16-8-3-9-17-23)32-35(26,27)33-37(34,30-24-18-10-4-11-19-24)31-25-20-12-5-13-21-25/h22-25,28-30H,2-21H2,1H3/t37-/m0/s1. The molecule has 4 aliphatic carbocycles. The fourth-order valence-corrected chi connectivity index (χ4v) is 21.5. The van der Waals surface area contributed by atoms with Crippen molar-refractivity contribution in [3.05, 3.63) is 0 Å². The van der Waals surface area contributed by atoms with Gasteiger partial charge in [0.05, 0.1) is 6.04 Å². The molecule has 0 aromatic rings. The van der Waals surface area contributed by atoms with Gasteiger partial charge in [-0.15, -0.1) is 0 Å². The Labute approximate surface area is 235 Å². The Bertz CT molecular complexity index is 891. The number of nitrogens with one attached hydrogen (secondary N) is 3. The van der Waals surface area contributed by atoms with Crippen molar-refractivity contribution in [2.24, 2.45) is 13.8 Å². The van der Waals surface area contributed by atoms with Crippen LogP contribution < -0.4 is 15.3 Å². The van der Waals surface area contributed by atoms with Crippen LogP contribution in [0.5, 0.6) is 0 Å². The van der Waals surface area contributed by atoms with E-state index in [0.29, 0.717) is 24.2 Å². The van der Waals surface area contributed by atoms with Gasteiger partial charge in [-0.05, 0) is 73.8 Å². The summed E-state index contributed by atoms with van der Waals surface area (Å²) < 4.78 is 18.8. The second-order valence-electron chi connectivity index (χ2n) is 12.1. The normalized spacial score (nSPS) is 32.9. The maximum atomic E-state index is 7.17. The quantitative estimate of drug-likeness (QED) is 0.250. The number of rotatable bonds is 7. The summed E-state index contributed by atoms with van der Waals surface area (Å²) in [6, 6.07) is 1.66. The molecule has 12 heteroatoms.